The number of fused-ring (bicyclic) bond motifs is 1. The number of thiophene rings is 1. The van der Waals surface area contributed by atoms with E-state index in [0.717, 1.165) is 60.7 Å². The van der Waals surface area contributed by atoms with Crippen LogP contribution in [-0.4, -0.2) is 87.4 Å². The molecule has 3 N–H and O–H groups in total. The molecular formula is C32H41N5O4S3. The molecule has 6 rings (SSSR count). The first-order valence-electron chi connectivity index (χ1n) is 15.2. The number of carbonyl (C=O) groups excluding carboxylic acids is 1. The molecule has 1 aromatic carbocycles. The maximum absolute atomic E-state index is 13.3. The Labute approximate surface area is 270 Å². The third-order valence-electron chi connectivity index (χ3n) is 8.54. The summed E-state index contributed by atoms with van der Waals surface area (Å²) in [6, 6.07) is 5.67. The smallest absolute Gasteiger partial charge is 0.273 e. The molecular weight excluding hydrogens is 615 g/mol. The Kier molecular flexibility index (Phi) is 9.40. The van der Waals surface area contributed by atoms with Gasteiger partial charge in [0, 0.05) is 54.0 Å². The lowest BCUT2D eigenvalue weighted by atomic mass is 9.89. The first kappa shape index (κ1) is 31.5. The van der Waals surface area contributed by atoms with E-state index >= 15 is 0 Å². The maximum Gasteiger partial charge on any atom is 0.273 e. The number of rotatable bonds is 9. The lowest BCUT2D eigenvalue weighted by molar-refractivity contribution is -0.127. The lowest BCUT2D eigenvalue weighted by Gasteiger charge is -2.47. The second-order valence-corrected chi connectivity index (χ2v) is 15.6. The first-order chi connectivity index (χ1) is 21.1. The molecule has 0 saturated carbocycles. The number of thiazole rings is 2. The van der Waals surface area contributed by atoms with Gasteiger partial charge in [0.15, 0.2) is 0 Å². The molecule has 4 aromatic rings. The number of benzene rings is 1. The van der Waals surface area contributed by atoms with Crippen LogP contribution in [0.1, 0.15) is 71.2 Å². The normalized spacial score (nSPS) is 18.3. The van der Waals surface area contributed by atoms with E-state index in [0.29, 0.717) is 37.5 Å². The summed E-state index contributed by atoms with van der Waals surface area (Å²) in [6.07, 6.45) is 2.07. The van der Waals surface area contributed by atoms with Gasteiger partial charge in [-0.2, -0.15) is 0 Å². The van der Waals surface area contributed by atoms with E-state index in [1.807, 2.05) is 10.3 Å². The number of piperidine rings is 1. The number of hydrogen-bond donors (Lipinski definition) is 3. The van der Waals surface area contributed by atoms with Crippen molar-refractivity contribution >= 4 is 50.1 Å². The van der Waals surface area contributed by atoms with E-state index in [2.05, 4.69) is 52.4 Å². The molecule has 12 heteroatoms. The van der Waals surface area contributed by atoms with Gasteiger partial charge in [-0.15, -0.1) is 34.0 Å². The van der Waals surface area contributed by atoms with E-state index in [9.17, 15) is 15.0 Å². The van der Waals surface area contributed by atoms with Crippen LogP contribution >= 0.6 is 34.0 Å². The van der Waals surface area contributed by atoms with Gasteiger partial charge in [-0.25, -0.2) is 9.97 Å². The number of aromatic nitrogens is 2. The van der Waals surface area contributed by atoms with Gasteiger partial charge in [0.05, 0.1) is 40.1 Å². The average molecular weight is 656 g/mol. The van der Waals surface area contributed by atoms with E-state index < -0.39 is 6.10 Å². The van der Waals surface area contributed by atoms with Crippen LogP contribution in [0.3, 0.4) is 0 Å². The zero-order valence-electron chi connectivity index (χ0n) is 25.5. The molecule has 2 aliphatic rings. The quantitative estimate of drug-likeness (QED) is 0.212. The predicted octanol–water partition coefficient (Wildman–Crippen LogP) is 5.19. The minimum atomic E-state index is -0.661. The number of aliphatic hydroxyl groups excluding tert-OH is 1. The van der Waals surface area contributed by atoms with Crippen LogP contribution < -0.4 is 5.32 Å². The number of hydrogen-bond acceptors (Lipinski definition) is 11. The average Bonchev–Trinajstić information content (AvgIpc) is 3.78. The second kappa shape index (κ2) is 13.1. The molecule has 3 aromatic heterocycles. The molecule has 44 heavy (non-hydrogen) atoms. The summed E-state index contributed by atoms with van der Waals surface area (Å²) in [5, 5.41) is 29.2. The Morgan fingerprint density at radius 3 is 2.75 bits per heavy atom. The topological polar surface area (TPSA) is 111 Å². The number of nitrogens with zero attached hydrogens (tertiary/aromatic N) is 4. The number of phenols is 1. The summed E-state index contributed by atoms with van der Waals surface area (Å²) in [6.45, 7) is 12.2. The summed E-state index contributed by atoms with van der Waals surface area (Å²) in [5.41, 5.74) is 4.57. The van der Waals surface area contributed by atoms with Crippen LogP contribution in [0.4, 0.5) is 0 Å². The number of aromatic hydroxyl groups is 1. The Hall–Kier alpha value is -2.45. The molecule has 5 heterocycles. The van der Waals surface area contributed by atoms with Crippen molar-refractivity contribution in [2.24, 2.45) is 0 Å². The number of likely N-dealkylation sites (tertiary alicyclic amines) is 1. The number of ether oxygens (including phenoxy) is 1. The fraction of sp³-hybridized carbons (Fsp3) is 0.531. The van der Waals surface area contributed by atoms with Crippen LogP contribution in [-0.2, 0) is 23.1 Å². The molecule has 0 bridgehead atoms. The number of morpholine rings is 1. The van der Waals surface area contributed by atoms with Crippen molar-refractivity contribution in [1.29, 1.82) is 0 Å². The van der Waals surface area contributed by atoms with Gasteiger partial charge in [0.25, 0.3) is 5.91 Å². The molecule has 1 atom stereocenters. The Morgan fingerprint density at radius 1 is 1.16 bits per heavy atom. The van der Waals surface area contributed by atoms with Crippen molar-refractivity contribution in [3.8, 4) is 5.75 Å². The van der Waals surface area contributed by atoms with E-state index in [4.69, 9.17) is 4.74 Å². The summed E-state index contributed by atoms with van der Waals surface area (Å²) in [5.74, 6) is 0.166. The summed E-state index contributed by atoms with van der Waals surface area (Å²) in [4.78, 5) is 28.0. The number of amides is 1. The molecule has 2 saturated heterocycles. The minimum absolute atomic E-state index is 0.0226. The number of aliphatic hydroxyl groups is 1. The Balaban J connectivity index is 0.943. The van der Waals surface area contributed by atoms with Crippen molar-refractivity contribution in [1.82, 2.24) is 25.1 Å². The third kappa shape index (κ3) is 7.01. The monoisotopic (exact) mass is 655 g/mol. The van der Waals surface area contributed by atoms with Gasteiger partial charge in [0.2, 0.25) is 0 Å². The summed E-state index contributed by atoms with van der Waals surface area (Å²) >= 11 is 4.80. The molecule has 2 aliphatic heterocycles. The fourth-order valence-corrected chi connectivity index (χ4v) is 8.70. The molecule has 0 unspecified atom stereocenters. The minimum Gasteiger partial charge on any atom is -0.506 e. The lowest BCUT2D eigenvalue weighted by Crippen LogP contribution is -2.57. The maximum atomic E-state index is 13.3. The predicted molar refractivity (Wildman–Crippen MR) is 177 cm³/mol. The largest absolute Gasteiger partial charge is 0.506 e. The highest BCUT2D eigenvalue weighted by Gasteiger charge is 2.41. The highest BCUT2D eigenvalue weighted by atomic mass is 32.1. The van der Waals surface area contributed by atoms with Gasteiger partial charge in [0.1, 0.15) is 17.0 Å². The second-order valence-electron chi connectivity index (χ2n) is 12.9. The van der Waals surface area contributed by atoms with Crippen molar-refractivity contribution in [3.63, 3.8) is 0 Å². The van der Waals surface area contributed by atoms with Crippen LogP contribution in [0, 0.1) is 0 Å². The molecule has 1 amide bonds. The Morgan fingerprint density at radius 2 is 1.98 bits per heavy atom. The number of carbonyl (C=O) groups is 1. The molecule has 0 aliphatic carbocycles. The van der Waals surface area contributed by atoms with Crippen molar-refractivity contribution in [2.75, 3.05) is 45.9 Å². The highest BCUT2D eigenvalue weighted by Crippen LogP contribution is 2.34. The van der Waals surface area contributed by atoms with E-state index in [-0.39, 0.29) is 22.7 Å². The van der Waals surface area contributed by atoms with Crippen LogP contribution in [0.2, 0.25) is 0 Å². The van der Waals surface area contributed by atoms with Crippen LogP contribution in [0.15, 0.2) is 34.5 Å². The van der Waals surface area contributed by atoms with Gasteiger partial charge in [-0.1, -0.05) is 26.8 Å². The van der Waals surface area contributed by atoms with Crippen molar-refractivity contribution in [3.05, 3.63) is 61.2 Å². The molecule has 0 radical (unpaired) electrons. The van der Waals surface area contributed by atoms with Crippen LogP contribution in [0.5, 0.6) is 5.75 Å². The van der Waals surface area contributed by atoms with Gasteiger partial charge >= 0.3 is 0 Å². The van der Waals surface area contributed by atoms with Gasteiger partial charge < -0.3 is 25.2 Å². The highest BCUT2D eigenvalue weighted by molar-refractivity contribution is 7.17. The molecule has 2 fully saturated rings. The number of nitrogens with one attached hydrogen (secondary N) is 1. The fourth-order valence-electron chi connectivity index (χ4n) is 5.98. The molecule has 9 nitrogen and oxygen atoms in total. The van der Waals surface area contributed by atoms with Crippen LogP contribution in [0.25, 0.3) is 10.2 Å². The zero-order valence-corrected chi connectivity index (χ0v) is 28.0. The number of phenolic OH excluding ortho intramolecular Hbond substituents is 1. The summed E-state index contributed by atoms with van der Waals surface area (Å²) in [7, 11) is 0. The molecule has 1 spiro atoms. The van der Waals surface area contributed by atoms with Gasteiger partial charge in [-0.3, -0.25) is 9.69 Å². The zero-order chi connectivity index (χ0) is 30.9. The van der Waals surface area contributed by atoms with Gasteiger partial charge in [-0.05, 0) is 48.9 Å². The molecule has 236 valence electrons. The standard InChI is InChI=1S/C32H41N5O4S3/c1-31(2,3)30-35-24(18-43-30)29(40)37-12-13-41-32(19-37)7-10-36(11-8-32)16-22-14-21(17-42-22)6-9-33-15-26(39)23-4-5-25(38)27-28(23)44-20-34-27/h4-5,14,17-18,20,26,33,38-39H,6-13,15-16,19H2,1-3H3/t26-/m0/s1. The van der Waals surface area contributed by atoms with E-state index in [1.165, 1.54) is 21.8 Å². The first-order valence-corrected chi connectivity index (χ1v) is 17.9. The van der Waals surface area contributed by atoms with E-state index in [1.54, 1.807) is 40.3 Å². The summed E-state index contributed by atoms with van der Waals surface area (Å²) < 4.78 is 7.16. The Bertz CT molecular complexity index is 1580. The van der Waals surface area contributed by atoms with Crippen molar-refractivity contribution < 1.29 is 19.7 Å². The SMILES string of the molecule is CC(C)(C)c1nc(C(=O)N2CCOC3(CCN(Cc4cc(CCNC[C@H](O)c5ccc(O)c6ncsc56)cs4)CC3)C2)cs1. The third-order valence-corrected chi connectivity index (χ3v) is 11.6. The van der Waals surface area contributed by atoms with Crippen molar-refractivity contribution in [2.45, 2.75) is 63.7 Å².